The molecule has 0 rings (SSSR count). The van der Waals surface area contributed by atoms with Crippen molar-refractivity contribution < 1.29 is 50.8 Å². The first-order chi connectivity index (χ1) is 1.91. The number of hydrogen-bond donors (Lipinski definition) is 2. The van der Waals surface area contributed by atoms with E-state index in [0.717, 1.165) is 0 Å². The van der Waals surface area contributed by atoms with Crippen molar-refractivity contribution in [3.8, 4) is 0 Å². The van der Waals surface area contributed by atoms with Crippen LogP contribution >= 0.6 is 0 Å². The molecule has 0 aliphatic heterocycles. The second-order valence-corrected chi connectivity index (χ2v) is 0.447. The van der Waals surface area contributed by atoms with Crippen LogP contribution in [0, 0.1) is 0 Å². The van der Waals surface area contributed by atoms with E-state index in [0.29, 0.717) is 0 Å². The van der Waals surface area contributed by atoms with Crippen LogP contribution in [0.2, 0.25) is 0 Å². The molecule has 0 bridgehead atoms. The largest absolute Gasteiger partial charge is 1.00 e. The summed E-state index contributed by atoms with van der Waals surface area (Å²) in [7, 11) is 0. The van der Waals surface area contributed by atoms with Crippen LogP contribution in [-0.4, -0.2) is 23.4 Å². The Kier molecular flexibility index (Phi) is 43.2. The van der Waals surface area contributed by atoms with Crippen molar-refractivity contribution in [1.29, 1.82) is 0 Å². The molecule has 0 aliphatic rings. The van der Waals surface area contributed by atoms with E-state index in [1.807, 2.05) is 0 Å². The third-order valence-electron chi connectivity index (χ3n) is 0.1000. The molecule has 0 aromatic carbocycles. The zero-order chi connectivity index (χ0) is 3.41. The van der Waals surface area contributed by atoms with E-state index < -0.39 is 0 Å². The van der Waals surface area contributed by atoms with E-state index in [2.05, 4.69) is 0 Å². The van der Waals surface area contributed by atoms with E-state index >= 15 is 0 Å². The molecule has 0 heterocycles. The SMILES string of the molecule is OCCO.[H-].[H-].[Li+].[Li+]. The molecule has 0 aliphatic carbocycles. The van der Waals surface area contributed by atoms with Gasteiger partial charge in [-0.2, -0.15) is 0 Å². The van der Waals surface area contributed by atoms with Gasteiger partial charge in [0, 0.05) is 0 Å². The van der Waals surface area contributed by atoms with Gasteiger partial charge in [-0.15, -0.1) is 0 Å². The smallest absolute Gasteiger partial charge is 1.00 e. The minimum atomic E-state index is -0.125. The van der Waals surface area contributed by atoms with Gasteiger partial charge in [-0.05, 0) is 0 Å². The van der Waals surface area contributed by atoms with Crippen LogP contribution < -0.4 is 37.7 Å². The molecule has 0 spiro atoms. The van der Waals surface area contributed by atoms with Gasteiger partial charge in [-0.3, -0.25) is 0 Å². The van der Waals surface area contributed by atoms with Crippen molar-refractivity contribution in [2.75, 3.05) is 13.2 Å². The third kappa shape index (κ3) is 19.4. The second-order valence-electron chi connectivity index (χ2n) is 0.447. The fourth-order valence-electron chi connectivity index (χ4n) is 0. The van der Waals surface area contributed by atoms with Gasteiger partial charge in [-0.1, -0.05) is 0 Å². The zero-order valence-electron chi connectivity index (χ0n) is 6.31. The molecule has 0 fully saturated rings. The van der Waals surface area contributed by atoms with Crippen molar-refractivity contribution >= 4 is 0 Å². The van der Waals surface area contributed by atoms with E-state index in [1.54, 1.807) is 0 Å². The molecule has 0 saturated heterocycles. The summed E-state index contributed by atoms with van der Waals surface area (Å²) < 4.78 is 0. The molecule has 0 radical (unpaired) electrons. The number of aliphatic hydroxyl groups excluding tert-OH is 2. The number of hydrogen-bond acceptors (Lipinski definition) is 2. The Balaban J connectivity index is -0.00000000750. The minimum Gasteiger partial charge on any atom is -1.00 e. The predicted octanol–water partition coefficient (Wildman–Crippen LogP) is -6.80. The van der Waals surface area contributed by atoms with Crippen LogP contribution in [0.4, 0.5) is 0 Å². The summed E-state index contributed by atoms with van der Waals surface area (Å²) in [6.45, 7) is -0.250. The van der Waals surface area contributed by atoms with Crippen LogP contribution in [0.5, 0.6) is 0 Å². The molecule has 2 N–H and O–H groups in total. The predicted molar refractivity (Wildman–Crippen MR) is 16.4 cm³/mol. The first kappa shape index (κ1) is 15.7. The molecule has 0 unspecified atom stereocenters. The summed E-state index contributed by atoms with van der Waals surface area (Å²) in [6.07, 6.45) is 0. The molecular weight excluding hydrogens is 69.9 g/mol. The Morgan fingerprint density at radius 1 is 1.00 bits per heavy atom. The average molecular weight is 78.0 g/mol. The van der Waals surface area contributed by atoms with Gasteiger partial charge in [0.05, 0.1) is 13.2 Å². The maximum absolute atomic E-state index is 7.62. The van der Waals surface area contributed by atoms with Gasteiger partial charge in [0.1, 0.15) is 0 Å². The first-order valence-corrected chi connectivity index (χ1v) is 1.13. The van der Waals surface area contributed by atoms with Crippen molar-refractivity contribution in [2.24, 2.45) is 0 Å². The molecule has 0 saturated carbocycles. The first-order valence-electron chi connectivity index (χ1n) is 1.13. The van der Waals surface area contributed by atoms with E-state index in [1.165, 1.54) is 0 Å². The fraction of sp³-hybridized carbons (Fsp3) is 1.00. The standard InChI is InChI=1S/C2H6O2.2Li.2H/c3-1-2-4;;;;/h3-4H,1-2H2;;;;/q;2*+1;2*-1. The number of rotatable bonds is 1. The molecular formula is C2H8Li2O2. The Hall–Kier alpha value is 1.11. The zero-order valence-corrected chi connectivity index (χ0v) is 4.31. The monoisotopic (exact) mass is 78.1 g/mol. The van der Waals surface area contributed by atoms with E-state index in [4.69, 9.17) is 10.2 Å². The maximum Gasteiger partial charge on any atom is 1.00 e. The molecule has 30 valence electrons. The summed E-state index contributed by atoms with van der Waals surface area (Å²) in [5, 5.41) is 15.2. The topological polar surface area (TPSA) is 40.5 Å². The Morgan fingerprint density at radius 2 is 1.17 bits per heavy atom. The summed E-state index contributed by atoms with van der Waals surface area (Å²) in [4.78, 5) is 0. The molecule has 0 aromatic heterocycles. The molecule has 0 aromatic rings. The van der Waals surface area contributed by atoms with Gasteiger partial charge >= 0.3 is 37.7 Å². The fourth-order valence-corrected chi connectivity index (χ4v) is 0. The van der Waals surface area contributed by atoms with Crippen LogP contribution in [-0.2, 0) is 0 Å². The Morgan fingerprint density at radius 3 is 1.17 bits per heavy atom. The third-order valence-corrected chi connectivity index (χ3v) is 0.1000. The van der Waals surface area contributed by atoms with Crippen LogP contribution in [0.1, 0.15) is 2.85 Å². The summed E-state index contributed by atoms with van der Waals surface area (Å²) in [5.41, 5.74) is 0. The van der Waals surface area contributed by atoms with E-state index in [-0.39, 0.29) is 53.8 Å². The van der Waals surface area contributed by atoms with Gasteiger partial charge in [0.25, 0.3) is 0 Å². The van der Waals surface area contributed by atoms with Crippen LogP contribution in [0.3, 0.4) is 0 Å². The van der Waals surface area contributed by atoms with Crippen LogP contribution in [0.25, 0.3) is 0 Å². The summed E-state index contributed by atoms with van der Waals surface area (Å²) in [6, 6.07) is 0. The number of aliphatic hydroxyl groups is 2. The van der Waals surface area contributed by atoms with Crippen molar-refractivity contribution in [1.82, 2.24) is 0 Å². The quantitative estimate of drug-likeness (QED) is 0.306. The van der Waals surface area contributed by atoms with Gasteiger partial charge in [0.2, 0.25) is 0 Å². The second kappa shape index (κ2) is 16.5. The van der Waals surface area contributed by atoms with Crippen molar-refractivity contribution in [2.45, 2.75) is 0 Å². The van der Waals surface area contributed by atoms with Crippen molar-refractivity contribution in [3.05, 3.63) is 0 Å². The van der Waals surface area contributed by atoms with Gasteiger partial charge in [0.15, 0.2) is 0 Å². The Bertz CT molecular complexity index is 18.0. The molecule has 6 heavy (non-hydrogen) atoms. The molecule has 2 nitrogen and oxygen atoms in total. The molecule has 0 atom stereocenters. The van der Waals surface area contributed by atoms with Gasteiger partial charge < -0.3 is 13.1 Å². The molecule has 4 heteroatoms. The normalized spacial score (nSPS) is 5.00. The molecule has 0 amide bonds. The maximum atomic E-state index is 7.62. The van der Waals surface area contributed by atoms with E-state index in [9.17, 15) is 0 Å². The summed E-state index contributed by atoms with van der Waals surface area (Å²) >= 11 is 0. The minimum absolute atomic E-state index is 0. The van der Waals surface area contributed by atoms with Crippen molar-refractivity contribution in [3.63, 3.8) is 0 Å². The average Bonchev–Trinajstić information content (AvgIpc) is 1.37. The van der Waals surface area contributed by atoms with Gasteiger partial charge in [-0.25, -0.2) is 0 Å². The summed E-state index contributed by atoms with van der Waals surface area (Å²) in [5.74, 6) is 0. The van der Waals surface area contributed by atoms with Crippen LogP contribution in [0.15, 0.2) is 0 Å². The Labute approximate surface area is 64.3 Å².